The Labute approximate surface area is 147 Å². The van der Waals surface area contributed by atoms with Gasteiger partial charge in [-0.05, 0) is 46.8 Å². The average molecular weight is 347 g/mol. The second kappa shape index (κ2) is 7.70. The van der Waals surface area contributed by atoms with Crippen LogP contribution in [0.15, 0.2) is 16.5 Å². The molecule has 0 saturated heterocycles. The smallest absolute Gasteiger partial charge is 0.342 e. The number of aromatic nitrogens is 1. The van der Waals surface area contributed by atoms with Crippen LogP contribution in [0.2, 0.25) is 0 Å². The van der Waals surface area contributed by atoms with Gasteiger partial charge in [0, 0.05) is 24.1 Å². The first-order valence-corrected chi connectivity index (χ1v) is 8.21. The van der Waals surface area contributed by atoms with E-state index < -0.39 is 5.97 Å². The lowest BCUT2D eigenvalue weighted by Crippen LogP contribution is -2.17. The summed E-state index contributed by atoms with van der Waals surface area (Å²) < 4.78 is 17.7. The van der Waals surface area contributed by atoms with E-state index in [0.717, 1.165) is 11.4 Å². The minimum atomic E-state index is -0.552. The lowest BCUT2D eigenvalue weighted by Gasteiger charge is -2.17. The molecule has 136 valence electrons. The molecule has 2 aromatic heterocycles. The van der Waals surface area contributed by atoms with Gasteiger partial charge in [-0.15, -0.1) is 0 Å². The first kappa shape index (κ1) is 19.0. The van der Waals surface area contributed by atoms with Crippen molar-refractivity contribution in [2.75, 3.05) is 20.3 Å². The highest BCUT2D eigenvalue weighted by Gasteiger charge is 2.21. The van der Waals surface area contributed by atoms with E-state index in [-0.39, 0.29) is 18.4 Å². The summed E-state index contributed by atoms with van der Waals surface area (Å²) in [5.74, 6) is 0.340. The summed E-state index contributed by atoms with van der Waals surface area (Å²) in [5.41, 5.74) is 2.73. The molecule has 25 heavy (non-hydrogen) atoms. The molecule has 2 heterocycles. The van der Waals surface area contributed by atoms with Crippen molar-refractivity contribution >= 4 is 11.8 Å². The number of Topliss-reactive ketones (excluding diaryl/α,β-unsaturated/α-hetero) is 1. The van der Waals surface area contributed by atoms with Gasteiger partial charge in [-0.25, -0.2) is 4.79 Å². The fourth-order valence-electron chi connectivity index (χ4n) is 3.17. The predicted octanol–water partition coefficient (Wildman–Crippen LogP) is 3.56. The van der Waals surface area contributed by atoms with Crippen molar-refractivity contribution in [1.82, 2.24) is 4.57 Å². The first-order chi connectivity index (χ1) is 11.8. The predicted molar refractivity (Wildman–Crippen MR) is 93.3 cm³/mol. The zero-order valence-electron chi connectivity index (χ0n) is 15.6. The van der Waals surface area contributed by atoms with Gasteiger partial charge < -0.3 is 18.5 Å². The van der Waals surface area contributed by atoms with E-state index in [1.807, 2.05) is 26.8 Å². The SMILES string of the molecule is COC[C@@H](C)n1c(C)cc(C(=O)COC(=O)c2cc(C)oc2C)c1C. The summed E-state index contributed by atoms with van der Waals surface area (Å²) in [6, 6.07) is 3.55. The molecule has 0 fully saturated rings. The van der Waals surface area contributed by atoms with Gasteiger partial charge in [0.15, 0.2) is 6.61 Å². The van der Waals surface area contributed by atoms with Crippen LogP contribution in [0.3, 0.4) is 0 Å². The summed E-state index contributed by atoms with van der Waals surface area (Å²) in [6.07, 6.45) is 0. The van der Waals surface area contributed by atoms with Crippen molar-refractivity contribution < 1.29 is 23.5 Å². The fourth-order valence-corrected chi connectivity index (χ4v) is 3.17. The van der Waals surface area contributed by atoms with Crippen LogP contribution in [0, 0.1) is 27.7 Å². The number of esters is 1. The molecule has 0 bridgehead atoms. The standard InChI is InChI=1S/C19H25NO5/c1-11-7-16(14(4)20(11)12(2)9-23-6)18(21)10-24-19(22)17-8-13(3)25-15(17)5/h7-8,12H,9-10H2,1-6H3/t12-/m1/s1. The molecule has 0 radical (unpaired) electrons. The third kappa shape index (κ3) is 4.02. The van der Waals surface area contributed by atoms with E-state index in [1.165, 1.54) is 0 Å². The lowest BCUT2D eigenvalue weighted by atomic mass is 10.1. The monoisotopic (exact) mass is 347 g/mol. The van der Waals surface area contributed by atoms with Crippen molar-refractivity contribution in [3.63, 3.8) is 0 Å². The molecule has 0 aliphatic heterocycles. The number of nitrogens with zero attached hydrogens (tertiary/aromatic N) is 1. The van der Waals surface area contributed by atoms with E-state index in [9.17, 15) is 9.59 Å². The molecule has 0 spiro atoms. The maximum Gasteiger partial charge on any atom is 0.342 e. The Hall–Kier alpha value is -2.34. The first-order valence-electron chi connectivity index (χ1n) is 8.21. The van der Waals surface area contributed by atoms with Crippen LogP contribution in [0.5, 0.6) is 0 Å². The molecule has 2 aromatic rings. The molecule has 0 aliphatic carbocycles. The van der Waals surface area contributed by atoms with Crippen LogP contribution in [0.4, 0.5) is 0 Å². The Morgan fingerprint density at radius 3 is 2.40 bits per heavy atom. The summed E-state index contributed by atoms with van der Waals surface area (Å²) in [5, 5.41) is 0. The Bertz CT molecular complexity index is 784. The molecule has 6 nitrogen and oxygen atoms in total. The molecule has 0 amide bonds. The zero-order valence-corrected chi connectivity index (χ0v) is 15.6. The van der Waals surface area contributed by atoms with E-state index in [4.69, 9.17) is 13.9 Å². The lowest BCUT2D eigenvalue weighted by molar-refractivity contribution is 0.0472. The van der Waals surface area contributed by atoms with Gasteiger partial charge in [0.05, 0.1) is 12.6 Å². The van der Waals surface area contributed by atoms with Gasteiger partial charge in [-0.1, -0.05) is 0 Å². The molecule has 2 rings (SSSR count). The topological polar surface area (TPSA) is 70.7 Å². The number of aryl methyl sites for hydroxylation is 3. The average Bonchev–Trinajstić information content (AvgIpc) is 3.03. The van der Waals surface area contributed by atoms with Crippen LogP contribution in [0.1, 0.15) is 56.6 Å². The molecule has 0 unspecified atom stereocenters. The fraction of sp³-hybridized carbons (Fsp3) is 0.474. The van der Waals surface area contributed by atoms with E-state index >= 15 is 0 Å². The number of furan rings is 1. The minimum Gasteiger partial charge on any atom is -0.466 e. The molecule has 0 saturated carbocycles. The van der Waals surface area contributed by atoms with Crippen molar-refractivity contribution in [2.45, 2.75) is 40.7 Å². The molecular weight excluding hydrogens is 322 g/mol. The van der Waals surface area contributed by atoms with Crippen LogP contribution < -0.4 is 0 Å². The number of carbonyl (C=O) groups is 2. The Balaban J connectivity index is 2.10. The molecule has 0 aliphatic rings. The van der Waals surface area contributed by atoms with Gasteiger partial charge in [0.25, 0.3) is 0 Å². The van der Waals surface area contributed by atoms with E-state index in [1.54, 1.807) is 27.0 Å². The number of hydrogen-bond donors (Lipinski definition) is 0. The second-order valence-electron chi connectivity index (χ2n) is 6.29. The number of hydrogen-bond acceptors (Lipinski definition) is 5. The number of rotatable bonds is 7. The van der Waals surface area contributed by atoms with Crippen LogP contribution >= 0.6 is 0 Å². The third-order valence-electron chi connectivity index (χ3n) is 4.23. The largest absolute Gasteiger partial charge is 0.466 e. The van der Waals surface area contributed by atoms with Gasteiger partial charge in [0.1, 0.15) is 17.1 Å². The minimum absolute atomic E-state index is 0.116. The normalized spacial score (nSPS) is 12.2. The Morgan fingerprint density at radius 2 is 1.84 bits per heavy atom. The Kier molecular flexibility index (Phi) is 5.85. The molecular formula is C19H25NO5. The van der Waals surface area contributed by atoms with Crippen LogP contribution in [-0.2, 0) is 9.47 Å². The van der Waals surface area contributed by atoms with Gasteiger partial charge in [-0.3, -0.25) is 4.79 Å². The maximum atomic E-state index is 12.5. The van der Waals surface area contributed by atoms with E-state index in [0.29, 0.717) is 29.3 Å². The third-order valence-corrected chi connectivity index (χ3v) is 4.23. The summed E-state index contributed by atoms with van der Waals surface area (Å²) in [7, 11) is 1.65. The van der Waals surface area contributed by atoms with Crippen molar-refractivity contribution in [3.05, 3.63) is 46.2 Å². The molecule has 6 heteroatoms. The molecule has 1 atom stereocenters. The number of carbonyl (C=O) groups excluding carboxylic acids is 2. The summed E-state index contributed by atoms with van der Waals surface area (Å²) >= 11 is 0. The number of ether oxygens (including phenoxy) is 2. The quantitative estimate of drug-likeness (QED) is 0.566. The van der Waals surface area contributed by atoms with E-state index in [2.05, 4.69) is 4.57 Å². The van der Waals surface area contributed by atoms with Crippen molar-refractivity contribution in [2.24, 2.45) is 0 Å². The highest BCUT2D eigenvalue weighted by molar-refractivity contribution is 6.00. The van der Waals surface area contributed by atoms with Gasteiger partial charge in [0.2, 0.25) is 5.78 Å². The second-order valence-corrected chi connectivity index (χ2v) is 6.29. The summed E-state index contributed by atoms with van der Waals surface area (Å²) in [6.45, 7) is 9.56. The number of methoxy groups -OCH3 is 1. The maximum absolute atomic E-state index is 12.5. The molecule has 0 aromatic carbocycles. The number of ketones is 1. The van der Waals surface area contributed by atoms with Crippen LogP contribution in [0.25, 0.3) is 0 Å². The van der Waals surface area contributed by atoms with Crippen molar-refractivity contribution in [1.29, 1.82) is 0 Å². The van der Waals surface area contributed by atoms with Crippen molar-refractivity contribution in [3.8, 4) is 0 Å². The summed E-state index contributed by atoms with van der Waals surface area (Å²) in [4.78, 5) is 24.6. The molecule has 0 N–H and O–H groups in total. The Morgan fingerprint density at radius 1 is 1.16 bits per heavy atom. The highest BCUT2D eigenvalue weighted by Crippen LogP contribution is 2.21. The van der Waals surface area contributed by atoms with Crippen LogP contribution in [-0.4, -0.2) is 36.6 Å². The van der Waals surface area contributed by atoms with Gasteiger partial charge in [-0.2, -0.15) is 0 Å². The van der Waals surface area contributed by atoms with Gasteiger partial charge >= 0.3 is 5.97 Å². The zero-order chi connectivity index (χ0) is 18.7. The highest BCUT2D eigenvalue weighted by atomic mass is 16.5.